The first-order valence-corrected chi connectivity index (χ1v) is 8.57. The summed E-state index contributed by atoms with van der Waals surface area (Å²) in [5.41, 5.74) is -0.923. The van der Waals surface area contributed by atoms with Crippen LogP contribution in [0.25, 0.3) is 0 Å². The van der Waals surface area contributed by atoms with Crippen LogP contribution < -0.4 is 10.7 Å². The van der Waals surface area contributed by atoms with Gasteiger partial charge in [0.05, 0.1) is 11.6 Å². The van der Waals surface area contributed by atoms with Gasteiger partial charge >= 0.3 is 0 Å². The topological polar surface area (TPSA) is 70.6 Å². The van der Waals surface area contributed by atoms with E-state index in [2.05, 4.69) is 5.10 Å². The molecule has 23 heavy (non-hydrogen) atoms. The zero-order valence-electron chi connectivity index (χ0n) is 17.4. The first-order chi connectivity index (χ1) is 13.2. The van der Waals surface area contributed by atoms with Gasteiger partial charge < -0.3 is 5.31 Å². The number of hydrazone groups is 1. The smallest absolute Gasteiger partial charge is 0.299 e. The molecule has 1 aromatic rings. The van der Waals surface area contributed by atoms with Crippen molar-refractivity contribution in [2.45, 2.75) is 38.0 Å². The van der Waals surface area contributed by atoms with E-state index >= 15 is 0 Å². The summed E-state index contributed by atoms with van der Waals surface area (Å²) >= 11 is 0.358. The number of carbonyl (C=O) groups excluding carboxylic acids is 2. The number of amides is 2. The van der Waals surface area contributed by atoms with E-state index in [4.69, 9.17) is 6.94 Å². The Hall–Kier alpha value is -1.82. The lowest BCUT2D eigenvalue weighted by atomic mass is 9.77. The molecule has 0 saturated heterocycles. The molecule has 1 aliphatic carbocycles. The van der Waals surface area contributed by atoms with Crippen LogP contribution in [0, 0.1) is 5.92 Å². The molecule has 5 nitrogen and oxygen atoms in total. The van der Waals surface area contributed by atoms with Crippen LogP contribution in [0.15, 0.2) is 23.3 Å². The molecule has 0 radical (unpaired) electrons. The average Bonchev–Trinajstić information content (AvgIpc) is 2.87. The molecule has 0 bridgehead atoms. The number of hydrogen-bond donors (Lipinski definition) is 2. The van der Waals surface area contributed by atoms with E-state index in [1.54, 1.807) is 0 Å². The second-order valence-electron chi connectivity index (χ2n) is 5.92. The Morgan fingerprint density at radius 2 is 2.13 bits per heavy atom. The summed E-state index contributed by atoms with van der Waals surface area (Å²) in [7, 11) is 0. The number of fused-ring (bicyclic) bond motifs is 1. The molecule has 1 unspecified atom stereocenters. The summed E-state index contributed by atoms with van der Waals surface area (Å²) in [6.07, 6.45) is 4.42. The van der Waals surface area contributed by atoms with Crippen molar-refractivity contribution in [2.24, 2.45) is 11.0 Å². The van der Waals surface area contributed by atoms with Crippen molar-refractivity contribution in [3.05, 3.63) is 29.3 Å². The second kappa shape index (κ2) is 6.00. The van der Waals surface area contributed by atoms with Crippen molar-refractivity contribution in [1.82, 2.24) is 5.42 Å². The van der Waals surface area contributed by atoms with Crippen LogP contribution in [0.3, 0.4) is 0 Å². The number of carbonyl (C=O) groups is 2. The van der Waals surface area contributed by atoms with E-state index < -0.39 is 22.7 Å². The maximum absolute atomic E-state index is 12.9. The maximum Gasteiger partial charge on any atom is 0.299 e. The van der Waals surface area contributed by atoms with E-state index in [0.29, 0.717) is 34.0 Å². The minimum Gasteiger partial charge on any atom is -0.325 e. The van der Waals surface area contributed by atoms with E-state index in [0.717, 1.165) is 37.4 Å². The second-order valence-corrected chi connectivity index (χ2v) is 6.67. The molecule has 1 atom stereocenters. The summed E-state index contributed by atoms with van der Waals surface area (Å²) in [5, 5.41) is 3.71. The van der Waals surface area contributed by atoms with Gasteiger partial charge in [0.15, 0.2) is 2.82 Å². The fraction of sp³-hybridized carbons (Fsp3) is 0.471. The molecule has 1 aromatic carbocycles. The van der Waals surface area contributed by atoms with E-state index in [9.17, 15) is 9.59 Å². The molecule has 2 amide bonds. The van der Waals surface area contributed by atoms with Gasteiger partial charge in [-0.1, -0.05) is 37.1 Å². The Morgan fingerprint density at radius 1 is 1.30 bits per heavy atom. The zero-order chi connectivity index (χ0) is 20.3. The highest BCUT2D eigenvalue weighted by molar-refractivity contribution is 8.14. The largest absolute Gasteiger partial charge is 0.325 e. The van der Waals surface area contributed by atoms with Gasteiger partial charge in [0, 0.05) is 15.5 Å². The SMILES string of the molecule is [2H]N1N=C(c2ccc3c(c2)C([2H])(C2CCCCC2)C(=O)N3[2H])C([2H])([2H])SC1=O. The standard InChI is InChI=1S/C17H19N3O2S/c21-16-15(10-4-2-1-3-5-10)12-8-11(6-7-13(12)18-16)14-9-23-17(22)20-19-14/h6-8,10,15H,1-5,9H2,(H,18,21)(H,20,22)/i9D2,15D/hD2. The highest BCUT2D eigenvalue weighted by Gasteiger charge is 2.37. The number of anilines is 1. The average molecular weight is 334 g/mol. The summed E-state index contributed by atoms with van der Waals surface area (Å²) in [5.74, 6) is -2.38. The Morgan fingerprint density at radius 3 is 2.96 bits per heavy atom. The predicted octanol–water partition coefficient (Wildman–Crippen LogP) is 3.46. The Labute approximate surface area is 146 Å². The molecule has 1 fully saturated rings. The highest BCUT2D eigenvalue weighted by atomic mass is 32.2. The molecular formula is C17H19N3O2S. The number of nitrogens with one attached hydrogen (secondary N) is 2. The first-order valence-electron chi connectivity index (χ1n) is 10.1. The van der Waals surface area contributed by atoms with Crippen LogP contribution in [0.1, 0.15) is 53.2 Å². The van der Waals surface area contributed by atoms with Crippen molar-refractivity contribution in [3.8, 4) is 0 Å². The summed E-state index contributed by atoms with van der Waals surface area (Å²) in [6, 6.07) is 4.56. The van der Waals surface area contributed by atoms with Gasteiger partial charge in [-0.2, -0.15) is 5.10 Å². The van der Waals surface area contributed by atoms with Gasteiger partial charge in [-0.25, -0.2) is 5.42 Å². The van der Waals surface area contributed by atoms with Crippen molar-refractivity contribution >= 4 is 34.3 Å². The summed E-state index contributed by atoms with van der Waals surface area (Å²) in [6.45, 7) is 0. The lowest BCUT2D eigenvalue weighted by Crippen LogP contribution is -2.24. The fourth-order valence-electron chi connectivity index (χ4n) is 3.41. The summed E-state index contributed by atoms with van der Waals surface area (Å²) in [4.78, 5) is 24.5. The molecule has 2 N–H and O–H groups in total. The van der Waals surface area contributed by atoms with Crippen molar-refractivity contribution in [3.63, 3.8) is 0 Å². The van der Waals surface area contributed by atoms with E-state index in [1.807, 2.05) is 0 Å². The molecule has 0 spiro atoms. The first kappa shape index (κ1) is 10.1. The molecule has 2 heterocycles. The van der Waals surface area contributed by atoms with Gasteiger partial charge in [-0.15, -0.1) is 0 Å². The van der Waals surface area contributed by atoms with Crippen LogP contribution in [-0.2, 0) is 4.79 Å². The lowest BCUT2D eigenvalue weighted by molar-refractivity contribution is -0.118. The third-order valence-corrected chi connectivity index (χ3v) is 5.04. The number of hydrogen-bond acceptors (Lipinski definition) is 4. The Kier molecular flexibility index (Phi) is 2.64. The van der Waals surface area contributed by atoms with Gasteiger partial charge in [0.2, 0.25) is 5.91 Å². The molecular weight excluding hydrogens is 310 g/mol. The number of benzene rings is 1. The molecule has 1 saturated carbocycles. The van der Waals surface area contributed by atoms with Crippen LogP contribution in [-0.4, -0.2) is 22.6 Å². The van der Waals surface area contributed by atoms with Crippen molar-refractivity contribution < 1.29 is 16.5 Å². The number of thioether (sulfide) groups is 1. The van der Waals surface area contributed by atoms with Crippen molar-refractivity contribution in [1.29, 1.82) is 0 Å². The molecule has 6 heteroatoms. The van der Waals surface area contributed by atoms with Gasteiger partial charge in [-0.05, 0) is 42.0 Å². The fourth-order valence-corrected chi connectivity index (χ4v) is 3.83. The minimum absolute atomic E-state index is 0.114. The zero-order valence-corrected chi connectivity index (χ0v) is 13.2. The molecule has 120 valence electrons. The van der Waals surface area contributed by atoms with Crippen molar-refractivity contribution in [2.75, 3.05) is 11.0 Å². The lowest BCUT2D eigenvalue weighted by Gasteiger charge is -2.26. The van der Waals surface area contributed by atoms with Crippen LogP contribution in [0.4, 0.5) is 10.5 Å². The van der Waals surface area contributed by atoms with E-state index in [1.165, 1.54) is 18.2 Å². The third-order valence-electron chi connectivity index (χ3n) is 4.49. The number of rotatable bonds is 2. The highest BCUT2D eigenvalue weighted by Crippen LogP contribution is 2.43. The van der Waals surface area contributed by atoms with E-state index in [-0.39, 0.29) is 11.6 Å². The predicted molar refractivity (Wildman–Crippen MR) is 91.9 cm³/mol. The Balaban J connectivity index is 1.83. The Bertz CT molecular complexity index is 890. The molecule has 0 aromatic heterocycles. The van der Waals surface area contributed by atoms with Gasteiger partial charge in [0.1, 0.15) is 0 Å². The summed E-state index contributed by atoms with van der Waals surface area (Å²) < 4.78 is 40.9. The minimum atomic E-state index is -2.14. The molecule has 4 rings (SSSR count). The molecule has 3 aliphatic rings. The van der Waals surface area contributed by atoms with Gasteiger partial charge in [-0.3, -0.25) is 9.59 Å². The van der Waals surface area contributed by atoms with Crippen LogP contribution in [0.2, 0.25) is 2.82 Å². The van der Waals surface area contributed by atoms with Gasteiger partial charge in [0.25, 0.3) is 5.24 Å². The quantitative estimate of drug-likeness (QED) is 0.870. The normalized spacial score (nSPS) is 34.1. The monoisotopic (exact) mass is 334 g/mol. The maximum atomic E-state index is 12.9. The van der Waals surface area contributed by atoms with Crippen LogP contribution in [0.5, 0.6) is 0 Å². The third kappa shape index (κ3) is 2.76. The number of nitrogens with zero attached hydrogens (tertiary/aromatic N) is 1. The van der Waals surface area contributed by atoms with Crippen LogP contribution >= 0.6 is 11.8 Å². The molecule has 2 aliphatic heterocycles.